The monoisotopic (exact) mass is 532 g/mol. The molecule has 11 heteroatoms. The van der Waals surface area contributed by atoms with E-state index in [-0.39, 0.29) is 11.6 Å². The Morgan fingerprint density at radius 1 is 1.22 bits per heavy atom. The van der Waals surface area contributed by atoms with Crippen molar-refractivity contribution in [1.29, 1.82) is 0 Å². The first-order valence-electron chi connectivity index (χ1n) is 11.3. The Bertz CT molecular complexity index is 1440. The quantitative estimate of drug-likeness (QED) is 0.275. The summed E-state index contributed by atoms with van der Waals surface area (Å²) in [5, 5.41) is 10.6. The lowest BCUT2D eigenvalue weighted by molar-refractivity contribution is -0.152. The van der Waals surface area contributed by atoms with E-state index in [4.69, 9.17) is 16.3 Å². The third-order valence-corrected chi connectivity index (χ3v) is 6.12. The molecule has 1 atom stereocenters. The first-order chi connectivity index (χ1) is 17.6. The lowest BCUT2D eigenvalue weighted by atomic mass is 10.0. The van der Waals surface area contributed by atoms with Gasteiger partial charge in [0.1, 0.15) is 30.3 Å². The van der Waals surface area contributed by atoms with Crippen LogP contribution in [0.4, 0.5) is 13.2 Å². The number of nitrogens with one attached hydrogen (secondary N) is 2. The van der Waals surface area contributed by atoms with E-state index < -0.39 is 31.0 Å². The van der Waals surface area contributed by atoms with Crippen LogP contribution in [-0.4, -0.2) is 34.3 Å². The number of carbonyl (C=O) groups excluding carboxylic acids is 1. The van der Waals surface area contributed by atoms with E-state index in [0.29, 0.717) is 22.4 Å². The van der Waals surface area contributed by atoms with E-state index in [1.54, 1.807) is 19.2 Å². The van der Waals surface area contributed by atoms with Gasteiger partial charge in [-0.1, -0.05) is 23.7 Å². The highest BCUT2D eigenvalue weighted by molar-refractivity contribution is 6.31. The van der Waals surface area contributed by atoms with Gasteiger partial charge in [0.05, 0.1) is 23.0 Å². The van der Waals surface area contributed by atoms with Crippen LogP contribution in [0.15, 0.2) is 42.6 Å². The van der Waals surface area contributed by atoms with Crippen molar-refractivity contribution in [2.75, 3.05) is 6.61 Å². The van der Waals surface area contributed by atoms with Gasteiger partial charge in [0.2, 0.25) is 5.91 Å². The summed E-state index contributed by atoms with van der Waals surface area (Å²) in [5.41, 5.74) is 4.94. The minimum Gasteiger partial charge on any atom is -0.487 e. The fourth-order valence-electron chi connectivity index (χ4n) is 4.10. The Morgan fingerprint density at radius 2 is 2.00 bits per heavy atom. The third-order valence-electron chi connectivity index (χ3n) is 5.78. The van der Waals surface area contributed by atoms with Crippen molar-refractivity contribution >= 4 is 28.4 Å². The van der Waals surface area contributed by atoms with E-state index in [9.17, 15) is 18.0 Å². The number of benzene rings is 2. The number of H-pyrrole nitrogens is 1. The number of alkyl halides is 2. The van der Waals surface area contributed by atoms with Gasteiger partial charge in [-0.2, -0.15) is 13.9 Å². The van der Waals surface area contributed by atoms with E-state index >= 15 is 0 Å². The molecule has 194 valence electrons. The number of aromatic amines is 1. The van der Waals surface area contributed by atoms with Crippen LogP contribution in [0.3, 0.4) is 0 Å². The average molecular weight is 533 g/mol. The number of halogens is 4. The summed E-state index contributed by atoms with van der Waals surface area (Å²) < 4.78 is 48.9. The van der Waals surface area contributed by atoms with Crippen LogP contribution in [0.2, 0.25) is 5.02 Å². The molecule has 4 aromatic rings. The summed E-state index contributed by atoms with van der Waals surface area (Å²) in [4.78, 5) is 16.7. The van der Waals surface area contributed by atoms with Crippen LogP contribution in [-0.2, 0) is 16.1 Å². The number of rotatable bonds is 9. The minimum atomic E-state index is -3.08. The highest BCUT2D eigenvalue weighted by atomic mass is 35.5. The Morgan fingerprint density at radius 3 is 2.70 bits per heavy atom. The molecule has 1 amide bonds. The largest absolute Gasteiger partial charge is 0.487 e. The van der Waals surface area contributed by atoms with Gasteiger partial charge in [-0.25, -0.2) is 9.37 Å². The van der Waals surface area contributed by atoms with E-state index in [1.165, 1.54) is 6.07 Å². The second kappa shape index (κ2) is 11.2. The zero-order valence-corrected chi connectivity index (χ0v) is 21.0. The second-order valence-electron chi connectivity index (χ2n) is 8.50. The maximum absolute atomic E-state index is 14.2. The summed E-state index contributed by atoms with van der Waals surface area (Å²) in [6.45, 7) is 1.44. The van der Waals surface area contributed by atoms with Crippen molar-refractivity contribution < 1.29 is 27.4 Å². The van der Waals surface area contributed by atoms with Gasteiger partial charge in [-0.3, -0.25) is 9.89 Å². The van der Waals surface area contributed by atoms with Gasteiger partial charge < -0.3 is 14.8 Å². The first kappa shape index (κ1) is 26.4. The normalized spacial score (nSPS) is 12.2. The topological polar surface area (TPSA) is 89.1 Å². The molecule has 7 nitrogen and oxygen atoms in total. The first-order valence-corrected chi connectivity index (χ1v) is 11.7. The molecule has 0 bridgehead atoms. The molecule has 0 aliphatic heterocycles. The molecule has 0 saturated heterocycles. The van der Waals surface area contributed by atoms with Gasteiger partial charge >= 0.3 is 6.61 Å². The fourth-order valence-corrected chi connectivity index (χ4v) is 4.37. The second-order valence-corrected chi connectivity index (χ2v) is 8.90. The number of para-hydroxylation sites is 1. The molecule has 0 unspecified atom stereocenters. The summed E-state index contributed by atoms with van der Waals surface area (Å²) in [7, 11) is 0. The lowest BCUT2D eigenvalue weighted by Crippen LogP contribution is -2.31. The van der Waals surface area contributed by atoms with Crippen molar-refractivity contribution in [2.24, 2.45) is 0 Å². The number of fused-ring (bicyclic) bond motifs is 1. The molecule has 0 aliphatic rings. The summed E-state index contributed by atoms with van der Waals surface area (Å²) in [6, 6.07) is 9.09. The Balaban J connectivity index is 1.64. The van der Waals surface area contributed by atoms with Crippen molar-refractivity contribution in [3.05, 3.63) is 75.8 Å². The van der Waals surface area contributed by atoms with Gasteiger partial charge in [0.25, 0.3) is 0 Å². The smallest absolute Gasteiger partial charge is 0.345 e. The number of pyridine rings is 1. The number of aromatic nitrogens is 3. The molecule has 2 aromatic carbocycles. The van der Waals surface area contributed by atoms with Gasteiger partial charge in [-0.05, 0) is 56.2 Å². The zero-order chi connectivity index (χ0) is 26.7. The molecule has 0 spiro atoms. The predicted molar refractivity (Wildman–Crippen MR) is 133 cm³/mol. The van der Waals surface area contributed by atoms with Crippen LogP contribution in [0.25, 0.3) is 22.2 Å². The molecule has 0 fully saturated rings. The Labute approximate surface area is 216 Å². The highest BCUT2D eigenvalue weighted by Gasteiger charge is 2.20. The summed E-state index contributed by atoms with van der Waals surface area (Å²) >= 11 is 6.35. The zero-order valence-electron chi connectivity index (χ0n) is 20.2. The molecule has 0 saturated carbocycles. The van der Waals surface area contributed by atoms with Crippen molar-refractivity contribution in [3.63, 3.8) is 0 Å². The van der Waals surface area contributed by atoms with E-state index in [2.05, 4.69) is 25.2 Å². The van der Waals surface area contributed by atoms with Crippen LogP contribution in [0.5, 0.6) is 5.75 Å². The molecule has 2 N–H and O–H groups in total. The lowest BCUT2D eigenvalue weighted by Gasteiger charge is -2.20. The number of hydrogen-bond donors (Lipinski definition) is 2. The number of nitrogens with zero attached hydrogens (tertiary/aromatic N) is 2. The highest BCUT2D eigenvalue weighted by Crippen LogP contribution is 2.35. The number of hydrogen-bond acceptors (Lipinski definition) is 5. The molecule has 2 heterocycles. The minimum absolute atomic E-state index is 0.0602. The predicted octanol–water partition coefficient (Wildman–Crippen LogP) is 6.03. The van der Waals surface area contributed by atoms with Crippen LogP contribution in [0, 0.1) is 19.7 Å². The van der Waals surface area contributed by atoms with E-state index in [1.807, 2.05) is 32.0 Å². The van der Waals surface area contributed by atoms with Crippen molar-refractivity contribution in [3.8, 4) is 17.0 Å². The molecule has 4 rings (SSSR count). The Kier molecular flexibility index (Phi) is 7.99. The molecular weight excluding hydrogens is 509 g/mol. The molecular formula is C26H24ClF3N4O3. The number of amides is 1. The van der Waals surface area contributed by atoms with Crippen LogP contribution >= 0.6 is 11.6 Å². The number of aryl methyl sites for hydroxylation is 2. The number of ether oxygens (including phenoxy) is 2. The number of carbonyl (C=O) groups is 1. The Hall–Kier alpha value is -3.63. The maximum atomic E-state index is 14.2. The SMILES string of the molecule is Cc1cc(-c2[nH]ncc2C)c2cccc(OCc3c(Cl)cc(F)cc3[C@H](C)NC(=O)COC(F)F)c2n1. The molecule has 2 aromatic heterocycles. The van der Waals surface area contributed by atoms with Crippen molar-refractivity contribution in [1.82, 2.24) is 20.5 Å². The van der Waals surface area contributed by atoms with Crippen LogP contribution in [0.1, 0.15) is 35.3 Å². The molecule has 37 heavy (non-hydrogen) atoms. The van der Waals surface area contributed by atoms with Gasteiger partial charge in [0, 0.05) is 22.2 Å². The average Bonchev–Trinajstić information content (AvgIpc) is 3.27. The molecule has 0 aliphatic carbocycles. The van der Waals surface area contributed by atoms with Crippen molar-refractivity contribution in [2.45, 2.75) is 40.0 Å². The van der Waals surface area contributed by atoms with Crippen LogP contribution < -0.4 is 10.1 Å². The molecule has 0 radical (unpaired) electrons. The maximum Gasteiger partial charge on any atom is 0.345 e. The van der Waals surface area contributed by atoms with Gasteiger partial charge in [0.15, 0.2) is 0 Å². The standard InChI is InChI=1S/C26H24ClF3N4O3/c1-13-10-31-34-24(13)19-7-14(2)32-25-17(19)5-4-6-22(25)36-11-20-18(8-16(28)9-21(20)27)15(3)33-23(35)12-37-26(29)30/h4-10,15,26H,11-12H2,1-3H3,(H,31,34)(H,33,35)/t15-/m0/s1. The third kappa shape index (κ3) is 6.03. The summed E-state index contributed by atoms with van der Waals surface area (Å²) in [5.74, 6) is -0.918. The fraction of sp³-hybridized carbons (Fsp3) is 0.269. The van der Waals surface area contributed by atoms with E-state index in [0.717, 1.165) is 34.0 Å². The van der Waals surface area contributed by atoms with Gasteiger partial charge in [-0.15, -0.1) is 0 Å². The summed E-state index contributed by atoms with van der Waals surface area (Å²) in [6.07, 6.45) is 1.74.